The highest BCUT2D eigenvalue weighted by Gasteiger charge is 2.36. The van der Waals surface area contributed by atoms with Gasteiger partial charge in [0.05, 0.1) is 19.1 Å². The number of ether oxygens (including phenoxy) is 3. The van der Waals surface area contributed by atoms with Crippen molar-refractivity contribution in [2.75, 3.05) is 38.0 Å². The van der Waals surface area contributed by atoms with E-state index < -0.39 is 35.3 Å². The third-order valence-corrected chi connectivity index (χ3v) is 6.43. The fourth-order valence-corrected chi connectivity index (χ4v) is 4.41. The molecule has 1 aliphatic heterocycles. The van der Waals surface area contributed by atoms with Gasteiger partial charge in [-0.15, -0.1) is 0 Å². The van der Waals surface area contributed by atoms with E-state index in [1.165, 1.54) is 44.6 Å². The summed E-state index contributed by atoms with van der Waals surface area (Å²) in [5.41, 5.74) is 1.45. The van der Waals surface area contributed by atoms with Crippen molar-refractivity contribution in [3.05, 3.63) is 83.0 Å². The Kier molecular flexibility index (Phi) is 9.02. The molecular weight excluding hydrogens is 541 g/mol. The zero-order valence-corrected chi connectivity index (χ0v) is 22.3. The maximum atomic E-state index is 13.0. The summed E-state index contributed by atoms with van der Waals surface area (Å²) in [6.07, 6.45) is 1.50. The molecule has 0 bridgehead atoms. The zero-order chi connectivity index (χ0) is 28.6. The van der Waals surface area contributed by atoms with E-state index in [-0.39, 0.29) is 17.3 Å². The Morgan fingerprint density at radius 1 is 0.875 bits per heavy atom. The Morgan fingerprint density at radius 2 is 1.52 bits per heavy atom. The van der Waals surface area contributed by atoms with Gasteiger partial charge in [-0.2, -0.15) is 0 Å². The topological polar surface area (TPSA) is 123 Å². The average Bonchev–Trinajstić information content (AvgIpc) is 3.21. The van der Waals surface area contributed by atoms with Gasteiger partial charge in [0.25, 0.3) is 17.1 Å². The molecule has 1 heterocycles. The predicted octanol–water partition coefficient (Wildman–Crippen LogP) is 4.54. The molecule has 3 aromatic rings. The summed E-state index contributed by atoms with van der Waals surface area (Å²) in [6, 6.07) is 16.7. The number of anilines is 2. The van der Waals surface area contributed by atoms with Gasteiger partial charge in [0.2, 0.25) is 5.91 Å². The molecule has 206 valence electrons. The maximum Gasteiger partial charge on any atom is 0.294 e. The molecule has 0 saturated carbocycles. The van der Waals surface area contributed by atoms with E-state index >= 15 is 0 Å². The van der Waals surface area contributed by atoms with Crippen LogP contribution in [0.25, 0.3) is 6.08 Å². The van der Waals surface area contributed by atoms with Gasteiger partial charge in [-0.05, 0) is 84.1 Å². The highest BCUT2D eigenvalue weighted by atomic mass is 32.2. The highest BCUT2D eigenvalue weighted by molar-refractivity contribution is 8.18. The maximum absolute atomic E-state index is 13.0. The molecule has 10 nitrogen and oxygen atoms in total. The van der Waals surface area contributed by atoms with Crippen molar-refractivity contribution in [3.63, 3.8) is 0 Å². The number of thioether (sulfide) groups is 1. The van der Waals surface area contributed by atoms with Crippen molar-refractivity contribution in [1.82, 2.24) is 4.90 Å². The molecule has 4 rings (SSSR count). The fourth-order valence-electron chi connectivity index (χ4n) is 3.57. The van der Waals surface area contributed by atoms with Crippen molar-refractivity contribution < 1.29 is 37.8 Å². The number of benzene rings is 3. The summed E-state index contributed by atoms with van der Waals surface area (Å²) in [7, 11) is 2.94. The predicted molar refractivity (Wildman–Crippen MR) is 148 cm³/mol. The van der Waals surface area contributed by atoms with Crippen LogP contribution in [0, 0.1) is 5.82 Å². The molecule has 1 saturated heterocycles. The minimum atomic E-state index is -0.600. The summed E-state index contributed by atoms with van der Waals surface area (Å²) in [4.78, 5) is 50.9. The fraction of sp³-hybridized carbons (Fsp3) is 0.143. The summed E-state index contributed by atoms with van der Waals surface area (Å²) in [5.74, 6) is -0.810. The van der Waals surface area contributed by atoms with Crippen LogP contribution in [0.15, 0.2) is 71.6 Å². The van der Waals surface area contributed by atoms with Crippen LogP contribution >= 0.6 is 11.8 Å². The molecule has 0 atom stereocenters. The number of hydrogen-bond acceptors (Lipinski definition) is 8. The molecule has 0 radical (unpaired) electrons. The first kappa shape index (κ1) is 28.2. The third kappa shape index (κ3) is 7.17. The number of rotatable bonds is 10. The molecule has 1 aliphatic rings. The van der Waals surface area contributed by atoms with Gasteiger partial charge in [0, 0.05) is 11.4 Å². The minimum Gasteiger partial charge on any atom is -0.497 e. The van der Waals surface area contributed by atoms with E-state index in [0.29, 0.717) is 40.2 Å². The van der Waals surface area contributed by atoms with Gasteiger partial charge in [0.15, 0.2) is 18.1 Å². The van der Waals surface area contributed by atoms with Gasteiger partial charge in [0.1, 0.15) is 18.1 Å². The summed E-state index contributed by atoms with van der Waals surface area (Å²) < 4.78 is 29.0. The molecule has 1 fully saturated rings. The molecular formula is C28H24FN3O7S. The second-order valence-electron chi connectivity index (χ2n) is 8.30. The highest BCUT2D eigenvalue weighted by Crippen LogP contribution is 2.34. The quantitative estimate of drug-likeness (QED) is 0.344. The zero-order valence-electron chi connectivity index (χ0n) is 21.4. The van der Waals surface area contributed by atoms with Crippen LogP contribution in [-0.4, -0.2) is 55.2 Å². The minimum absolute atomic E-state index is 0.136. The van der Waals surface area contributed by atoms with Crippen LogP contribution in [0.2, 0.25) is 0 Å². The van der Waals surface area contributed by atoms with Gasteiger partial charge in [-0.25, -0.2) is 4.39 Å². The molecule has 4 amide bonds. The lowest BCUT2D eigenvalue weighted by atomic mass is 10.2. The number of methoxy groups -OCH3 is 2. The Hall–Kier alpha value is -4.84. The normalized spacial score (nSPS) is 13.8. The standard InChI is InChI=1S/C28H24FN3O7S/c1-37-21-10-8-20(9-11-21)30-25(33)15-32-27(35)24(40-28(32)36)14-17-3-12-22(23(13-17)38-2)39-16-26(34)31-19-6-4-18(29)5-7-19/h3-14H,15-16H2,1-2H3,(H,30,33)(H,31,34)/b24-14+. The van der Waals surface area contributed by atoms with Gasteiger partial charge >= 0.3 is 0 Å². The van der Waals surface area contributed by atoms with Gasteiger partial charge in [-0.1, -0.05) is 6.07 Å². The van der Waals surface area contributed by atoms with Crippen molar-refractivity contribution in [1.29, 1.82) is 0 Å². The smallest absolute Gasteiger partial charge is 0.294 e. The molecule has 0 aromatic heterocycles. The first-order valence-electron chi connectivity index (χ1n) is 11.8. The van der Waals surface area contributed by atoms with E-state index in [9.17, 15) is 23.6 Å². The first-order chi connectivity index (χ1) is 19.2. The number of nitrogens with zero attached hydrogens (tertiary/aromatic N) is 1. The molecule has 3 aromatic carbocycles. The largest absolute Gasteiger partial charge is 0.497 e. The van der Waals surface area contributed by atoms with E-state index in [2.05, 4.69) is 10.6 Å². The summed E-state index contributed by atoms with van der Waals surface area (Å²) in [6.45, 7) is -0.769. The monoisotopic (exact) mass is 565 g/mol. The lowest BCUT2D eigenvalue weighted by molar-refractivity contribution is -0.127. The second kappa shape index (κ2) is 12.8. The van der Waals surface area contributed by atoms with Gasteiger partial charge in [-0.3, -0.25) is 24.1 Å². The van der Waals surface area contributed by atoms with Crippen LogP contribution in [0.4, 0.5) is 20.6 Å². The number of imide groups is 1. The molecule has 2 N–H and O–H groups in total. The first-order valence-corrected chi connectivity index (χ1v) is 12.6. The molecule has 12 heteroatoms. The number of carbonyl (C=O) groups excluding carboxylic acids is 4. The Balaban J connectivity index is 1.36. The number of hydrogen-bond donors (Lipinski definition) is 2. The van der Waals surface area contributed by atoms with Crippen molar-refractivity contribution >= 4 is 52.2 Å². The second-order valence-corrected chi connectivity index (χ2v) is 9.29. The van der Waals surface area contributed by atoms with Gasteiger partial charge < -0.3 is 24.8 Å². The number of carbonyl (C=O) groups is 4. The van der Waals surface area contributed by atoms with Crippen molar-refractivity contribution in [2.45, 2.75) is 0 Å². The lowest BCUT2D eigenvalue weighted by Crippen LogP contribution is -2.36. The Bertz CT molecular complexity index is 1460. The van der Waals surface area contributed by atoms with Crippen LogP contribution < -0.4 is 24.8 Å². The van der Waals surface area contributed by atoms with Crippen LogP contribution in [0.5, 0.6) is 17.2 Å². The summed E-state index contributed by atoms with van der Waals surface area (Å²) >= 11 is 0.717. The third-order valence-electron chi connectivity index (χ3n) is 5.52. The number of amides is 4. The van der Waals surface area contributed by atoms with E-state index in [1.54, 1.807) is 42.5 Å². The average molecular weight is 566 g/mol. The van der Waals surface area contributed by atoms with Crippen molar-refractivity contribution in [2.24, 2.45) is 0 Å². The van der Waals surface area contributed by atoms with Crippen LogP contribution in [-0.2, 0) is 14.4 Å². The van der Waals surface area contributed by atoms with E-state index in [1.807, 2.05) is 0 Å². The van der Waals surface area contributed by atoms with Crippen LogP contribution in [0.3, 0.4) is 0 Å². The van der Waals surface area contributed by atoms with E-state index in [0.717, 1.165) is 4.90 Å². The molecule has 0 spiro atoms. The molecule has 0 aliphatic carbocycles. The Morgan fingerprint density at radius 3 is 2.17 bits per heavy atom. The Labute approximate surface area is 233 Å². The lowest BCUT2D eigenvalue weighted by Gasteiger charge is -2.13. The number of halogens is 1. The van der Waals surface area contributed by atoms with Crippen molar-refractivity contribution in [3.8, 4) is 17.2 Å². The SMILES string of the molecule is COc1ccc(NC(=O)CN2C(=O)S/C(=C/c3ccc(OCC(=O)Nc4ccc(F)cc4)c(OC)c3)C2=O)cc1. The van der Waals surface area contributed by atoms with Crippen LogP contribution in [0.1, 0.15) is 5.56 Å². The molecule has 40 heavy (non-hydrogen) atoms. The number of nitrogens with one attached hydrogen (secondary N) is 2. The van der Waals surface area contributed by atoms with E-state index in [4.69, 9.17) is 14.2 Å². The summed E-state index contributed by atoms with van der Waals surface area (Å²) in [5, 5.41) is 4.66. The molecule has 0 unspecified atom stereocenters.